The van der Waals surface area contributed by atoms with Crippen molar-refractivity contribution in [1.82, 2.24) is 0 Å². The fraction of sp³-hybridized carbons (Fsp3) is 0.235. The Hall–Kier alpha value is -2.27. The molecule has 0 heterocycles. The molecule has 0 aliphatic heterocycles. The van der Waals surface area contributed by atoms with Crippen molar-refractivity contribution < 1.29 is 18.5 Å². The van der Waals surface area contributed by atoms with Crippen LogP contribution < -0.4 is 10.2 Å². The summed E-state index contributed by atoms with van der Waals surface area (Å²) in [6.07, 6.45) is 0. The number of quaternary nitrogens is 1. The first-order valence-electron chi connectivity index (χ1n) is 7.21. The van der Waals surface area contributed by atoms with Gasteiger partial charge in [0.2, 0.25) is 0 Å². The fourth-order valence-electron chi connectivity index (χ4n) is 2.20. The number of nitrogens with one attached hydrogen (secondary N) is 2. The van der Waals surface area contributed by atoms with Gasteiger partial charge in [0, 0.05) is 17.3 Å². The van der Waals surface area contributed by atoms with Crippen LogP contribution in [0.15, 0.2) is 48.5 Å². The van der Waals surface area contributed by atoms with Gasteiger partial charge in [-0.2, -0.15) is 0 Å². The maximum absolute atomic E-state index is 13.1. The summed E-state index contributed by atoms with van der Waals surface area (Å²) >= 11 is 0. The standard InChI is InChI=1S/C17H18F2N2O/c1-2-21(11-13-6-4-3-5-7-13)12-17(22)20-14-8-9-15(18)16(19)10-14/h3-10H,2,11-12H2,1H3,(H,20,22)/p+1. The number of benzene rings is 2. The minimum atomic E-state index is -0.971. The lowest BCUT2D eigenvalue weighted by Gasteiger charge is -2.17. The van der Waals surface area contributed by atoms with E-state index in [2.05, 4.69) is 5.32 Å². The molecule has 0 spiro atoms. The van der Waals surface area contributed by atoms with Crippen LogP contribution in [0.5, 0.6) is 0 Å². The van der Waals surface area contributed by atoms with Gasteiger partial charge in [0.25, 0.3) is 5.91 Å². The molecule has 0 radical (unpaired) electrons. The molecular weight excluding hydrogens is 286 g/mol. The van der Waals surface area contributed by atoms with Gasteiger partial charge in [-0.3, -0.25) is 4.79 Å². The van der Waals surface area contributed by atoms with Gasteiger partial charge in [0.05, 0.1) is 6.54 Å². The zero-order chi connectivity index (χ0) is 15.9. The lowest BCUT2D eigenvalue weighted by Crippen LogP contribution is -3.11. The quantitative estimate of drug-likeness (QED) is 0.841. The second-order valence-corrected chi connectivity index (χ2v) is 5.12. The van der Waals surface area contributed by atoms with Gasteiger partial charge in [-0.15, -0.1) is 0 Å². The van der Waals surface area contributed by atoms with Gasteiger partial charge in [0.1, 0.15) is 6.54 Å². The summed E-state index contributed by atoms with van der Waals surface area (Å²) in [5, 5.41) is 2.59. The Bertz CT molecular complexity index is 632. The smallest absolute Gasteiger partial charge is 0.279 e. The molecular formula is C17H19F2N2O+. The first-order valence-corrected chi connectivity index (χ1v) is 7.21. The summed E-state index contributed by atoms with van der Waals surface area (Å²) < 4.78 is 26.0. The minimum Gasteiger partial charge on any atom is -0.324 e. The number of carbonyl (C=O) groups excluding carboxylic acids is 1. The number of carbonyl (C=O) groups is 1. The summed E-state index contributed by atoms with van der Waals surface area (Å²) in [6.45, 7) is 3.80. The summed E-state index contributed by atoms with van der Waals surface area (Å²) in [7, 11) is 0. The summed E-state index contributed by atoms with van der Waals surface area (Å²) in [5.41, 5.74) is 1.42. The van der Waals surface area contributed by atoms with Crippen molar-refractivity contribution in [2.75, 3.05) is 18.4 Å². The Kier molecular flexibility index (Phi) is 5.61. The number of anilines is 1. The van der Waals surface area contributed by atoms with Crippen LogP contribution in [0.25, 0.3) is 0 Å². The van der Waals surface area contributed by atoms with Crippen LogP contribution in [0.3, 0.4) is 0 Å². The molecule has 2 aromatic rings. The molecule has 116 valence electrons. The SMILES string of the molecule is CC[NH+](CC(=O)Nc1ccc(F)c(F)c1)Cc1ccccc1. The highest BCUT2D eigenvalue weighted by Crippen LogP contribution is 2.12. The van der Waals surface area contributed by atoms with Crippen LogP contribution in [-0.2, 0) is 11.3 Å². The van der Waals surface area contributed by atoms with Crippen molar-refractivity contribution in [3.63, 3.8) is 0 Å². The van der Waals surface area contributed by atoms with E-state index in [0.29, 0.717) is 0 Å². The zero-order valence-corrected chi connectivity index (χ0v) is 12.4. The topological polar surface area (TPSA) is 33.5 Å². The molecule has 3 nitrogen and oxygen atoms in total. The lowest BCUT2D eigenvalue weighted by atomic mass is 10.2. The molecule has 0 aliphatic rings. The molecule has 0 fully saturated rings. The van der Waals surface area contributed by atoms with E-state index < -0.39 is 11.6 Å². The third-order valence-corrected chi connectivity index (χ3v) is 3.41. The molecule has 0 bridgehead atoms. The maximum atomic E-state index is 13.1. The Morgan fingerprint density at radius 2 is 1.82 bits per heavy atom. The summed E-state index contributed by atoms with van der Waals surface area (Å²) in [5.74, 6) is -2.12. The van der Waals surface area contributed by atoms with Crippen LogP contribution in [0, 0.1) is 11.6 Å². The average Bonchev–Trinajstić information content (AvgIpc) is 2.51. The number of amides is 1. The fourth-order valence-corrected chi connectivity index (χ4v) is 2.20. The summed E-state index contributed by atoms with van der Waals surface area (Å²) in [4.78, 5) is 13.1. The van der Waals surface area contributed by atoms with Gasteiger partial charge in [-0.05, 0) is 19.1 Å². The molecule has 1 atom stereocenters. The Morgan fingerprint density at radius 3 is 2.45 bits per heavy atom. The Morgan fingerprint density at radius 1 is 1.09 bits per heavy atom. The second kappa shape index (κ2) is 7.66. The molecule has 1 amide bonds. The highest BCUT2D eigenvalue weighted by Gasteiger charge is 2.14. The monoisotopic (exact) mass is 305 g/mol. The molecule has 0 saturated carbocycles. The third-order valence-electron chi connectivity index (χ3n) is 3.41. The zero-order valence-electron chi connectivity index (χ0n) is 12.4. The van der Waals surface area contributed by atoms with Crippen molar-refractivity contribution in [2.24, 2.45) is 0 Å². The molecule has 0 aliphatic carbocycles. The number of rotatable bonds is 6. The van der Waals surface area contributed by atoms with E-state index in [4.69, 9.17) is 0 Å². The van der Waals surface area contributed by atoms with Crippen molar-refractivity contribution in [3.8, 4) is 0 Å². The van der Waals surface area contributed by atoms with E-state index in [9.17, 15) is 13.6 Å². The largest absolute Gasteiger partial charge is 0.324 e. The van der Waals surface area contributed by atoms with Gasteiger partial charge < -0.3 is 10.2 Å². The molecule has 0 saturated heterocycles. The lowest BCUT2D eigenvalue weighted by molar-refractivity contribution is -0.903. The molecule has 2 N–H and O–H groups in total. The normalized spacial score (nSPS) is 12.0. The number of halogens is 2. The number of hydrogen-bond donors (Lipinski definition) is 2. The number of hydrogen-bond acceptors (Lipinski definition) is 1. The van der Waals surface area contributed by atoms with Gasteiger partial charge in [-0.25, -0.2) is 8.78 Å². The first-order chi connectivity index (χ1) is 10.6. The Balaban J connectivity index is 1.93. The van der Waals surface area contributed by atoms with E-state index in [-0.39, 0.29) is 18.1 Å². The molecule has 22 heavy (non-hydrogen) atoms. The minimum absolute atomic E-state index is 0.223. The van der Waals surface area contributed by atoms with Crippen molar-refractivity contribution in [3.05, 3.63) is 65.7 Å². The second-order valence-electron chi connectivity index (χ2n) is 5.12. The van der Waals surface area contributed by atoms with Crippen LogP contribution >= 0.6 is 0 Å². The van der Waals surface area contributed by atoms with Gasteiger partial charge >= 0.3 is 0 Å². The first kappa shape index (κ1) is 16.1. The molecule has 0 aromatic heterocycles. The van der Waals surface area contributed by atoms with Crippen LogP contribution in [0.2, 0.25) is 0 Å². The van der Waals surface area contributed by atoms with Gasteiger partial charge in [0.15, 0.2) is 18.2 Å². The van der Waals surface area contributed by atoms with Crippen molar-refractivity contribution in [2.45, 2.75) is 13.5 Å². The predicted octanol–water partition coefficient (Wildman–Crippen LogP) is 2.01. The summed E-state index contributed by atoms with van der Waals surface area (Å²) in [6, 6.07) is 13.2. The molecule has 2 rings (SSSR count). The van der Waals surface area contributed by atoms with E-state index in [1.807, 2.05) is 37.3 Å². The maximum Gasteiger partial charge on any atom is 0.279 e. The molecule has 5 heteroatoms. The van der Waals surface area contributed by atoms with E-state index in [1.165, 1.54) is 6.07 Å². The van der Waals surface area contributed by atoms with E-state index in [1.54, 1.807) is 0 Å². The highest BCUT2D eigenvalue weighted by atomic mass is 19.2. The predicted molar refractivity (Wildman–Crippen MR) is 81.5 cm³/mol. The highest BCUT2D eigenvalue weighted by molar-refractivity contribution is 5.91. The van der Waals surface area contributed by atoms with Gasteiger partial charge in [-0.1, -0.05) is 30.3 Å². The molecule has 2 aromatic carbocycles. The van der Waals surface area contributed by atoms with E-state index in [0.717, 1.165) is 35.7 Å². The van der Waals surface area contributed by atoms with E-state index >= 15 is 0 Å². The van der Waals surface area contributed by atoms with Crippen LogP contribution in [0.4, 0.5) is 14.5 Å². The van der Waals surface area contributed by atoms with Crippen molar-refractivity contribution in [1.29, 1.82) is 0 Å². The average molecular weight is 305 g/mol. The molecule has 1 unspecified atom stereocenters. The van der Waals surface area contributed by atoms with Crippen LogP contribution in [0.1, 0.15) is 12.5 Å². The van der Waals surface area contributed by atoms with Crippen molar-refractivity contribution >= 4 is 11.6 Å². The number of likely N-dealkylation sites (N-methyl/N-ethyl adjacent to an activating group) is 1. The van der Waals surface area contributed by atoms with Crippen LogP contribution in [-0.4, -0.2) is 19.0 Å². The Labute approximate surface area is 128 Å². The third kappa shape index (κ3) is 4.63.